The second-order valence-electron chi connectivity index (χ2n) is 6.57. The van der Waals surface area contributed by atoms with Gasteiger partial charge in [0.25, 0.3) is 17.5 Å². The van der Waals surface area contributed by atoms with Gasteiger partial charge in [-0.15, -0.1) is 0 Å². The molecule has 1 N–H and O–H groups in total. The smallest absolute Gasteiger partial charge is 0.270 e. The Morgan fingerprint density at radius 3 is 2.56 bits per heavy atom. The van der Waals surface area contributed by atoms with E-state index in [0.29, 0.717) is 22.8 Å². The lowest BCUT2D eigenvalue weighted by Crippen LogP contribution is -2.13. The van der Waals surface area contributed by atoms with Crippen LogP contribution in [0.15, 0.2) is 71.3 Å². The summed E-state index contributed by atoms with van der Waals surface area (Å²) in [6.07, 6.45) is 0. The number of ether oxygens (including phenoxy) is 1. The number of para-hydroxylation sites is 1. The Bertz CT molecular complexity index is 1300. The number of aromatic nitrogens is 2. The number of halogens is 1. The number of rotatable bonds is 6. The van der Waals surface area contributed by atoms with Crippen LogP contribution in [0.5, 0.6) is 5.75 Å². The van der Waals surface area contributed by atoms with E-state index in [1.807, 2.05) is 0 Å². The highest BCUT2D eigenvalue weighted by Gasteiger charge is 2.19. The van der Waals surface area contributed by atoms with Crippen LogP contribution in [0.4, 0.5) is 11.4 Å². The monoisotopic (exact) mass is 450 g/mol. The van der Waals surface area contributed by atoms with Crippen LogP contribution >= 0.6 is 11.6 Å². The van der Waals surface area contributed by atoms with Gasteiger partial charge in [-0.25, -0.2) is 0 Å². The van der Waals surface area contributed by atoms with Crippen molar-refractivity contribution in [2.75, 3.05) is 12.4 Å². The van der Waals surface area contributed by atoms with E-state index in [9.17, 15) is 14.9 Å². The molecule has 0 aliphatic heterocycles. The number of carbonyl (C=O) groups is 1. The third-order valence-corrected chi connectivity index (χ3v) is 4.90. The molecular formula is C22H15ClN4O5. The van der Waals surface area contributed by atoms with Gasteiger partial charge in [0.15, 0.2) is 0 Å². The highest BCUT2D eigenvalue weighted by Crippen LogP contribution is 2.30. The van der Waals surface area contributed by atoms with Gasteiger partial charge >= 0.3 is 0 Å². The zero-order valence-electron chi connectivity index (χ0n) is 16.6. The fraction of sp³-hybridized carbons (Fsp3) is 0.0455. The molecule has 0 spiro atoms. The Morgan fingerprint density at radius 1 is 1.12 bits per heavy atom. The molecule has 1 amide bonds. The number of nitrogens with zero attached hydrogens (tertiary/aromatic N) is 3. The molecule has 32 heavy (non-hydrogen) atoms. The lowest BCUT2D eigenvalue weighted by molar-refractivity contribution is -0.384. The van der Waals surface area contributed by atoms with Gasteiger partial charge in [0.2, 0.25) is 5.82 Å². The fourth-order valence-corrected chi connectivity index (χ4v) is 3.22. The summed E-state index contributed by atoms with van der Waals surface area (Å²) in [5.74, 6) is 0.756. The molecule has 160 valence electrons. The summed E-state index contributed by atoms with van der Waals surface area (Å²) in [5.41, 5.74) is 1.54. The van der Waals surface area contributed by atoms with Gasteiger partial charge in [0, 0.05) is 17.7 Å². The van der Waals surface area contributed by atoms with E-state index in [1.165, 1.54) is 12.1 Å². The van der Waals surface area contributed by atoms with Crippen molar-refractivity contribution in [3.8, 4) is 28.6 Å². The maximum Gasteiger partial charge on any atom is 0.270 e. The predicted octanol–water partition coefficient (Wildman–Crippen LogP) is 5.23. The van der Waals surface area contributed by atoms with Gasteiger partial charge in [-0.3, -0.25) is 14.9 Å². The lowest BCUT2D eigenvalue weighted by Gasteiger charge is -2.09. The van der Waals surface area contributed by atoms with E-state index >= 15 is 0 Å². The molecule has 0 unspecified atom stereocenters. The summed E-state index contributed by atoms with van der Waals surface area (Å²) in [5, 5.41) is 17.6. The van der Waals surface area contributed by atoms with Gasteiger partial charge < -0.3 is 14.6 Å². The second kappa shape index (κ2) is 8.86. The molecule has 1 aromatic heterocycles. The Morgan fingerprint density at radius 2 is 1.88 bits per heavy atom. The Kier molecular flexibility index (Phi) is 5.82. The maximum absolute atomic E-state index is 12.7. The first kappa shape index (κ1) is 21.0. The molecule has 4 rings (SSSR count). The molecule has 0 atom stereocenters. The first-order valence-electron chi connectivity index (χ1n) is 9.29. The van der Waals surface area contributed by atoms with E-state index in [2.05, 4.69) is 15.5 Å². The molecule has 3 aromatic carbocycles. The van der Waals surface area contributed by atoms with Gasteiger partial charge in [-0.05, 0) is 42.5 Å². The van der Waals surface area contributed by atoms with E-state index in [-0.39, 0.29) is 22.2 Å². The van der Waals surface area contributed by atoms with Crippen molar-refractivity contribution < 1.29 is 19.0 Å². The van der Waals surface area contributed by atoms with Crippen LogP contribution in [0, 0.1) is 10.1 Å². The Labute approximate surface area is 186 Å². The number of non-ortho nitro benzene ring substituents is 1. The minimum absolute atomic E-state index is 0.0336. The fourth-order valence-electron chi connectivity index (χ4n) is 2.96. The van der Waals surface area contributed by atoms with Gasteiger partial charge in [0.05, 0.1) is 33.9 Å². The number of amides is 1. The zero-order chi connectivity index (χ0) is 22.7. The molecule has 0 saturated carbocycles. The second-order valence-corrected chi connectivity index (χ2v) is 6.98. The predicted molar refractivity (Wildman–Crippen MR) is 118 cm³/mol. The number of hydrogen-bond donors (Lipinski definition) is 1. The van der Waals surface area contributed by atoms with Crippen molar-refractivity contribution in [2.24, 2.45) is 0 Å². The molecule has 0 fully saturated rings. The number of nitro benzene ring substituents is 1. The number of benzene rings is 3. The Hall–Kier alpha value is -4.24. The Balaban J connectivity index is 1.60. The SMILES string of the molecule is COc1ccc(-c2noc(-c3ccccc3NC(=O)c3ccc([N+](=O)[O-])cc3Cl)n2)cc1. The molecule has 0 bridgehead atoms. The molecule has 0 aliphatic carbocycles. The van der Waals surface area contributed by atoms with Crippen molar-refractivity contribution in [2.45, 2.75) is 0 Å². The highest BCUT2D eigenvalue weighted by atomic mass is 35.5. The summed E-state index contributed by atoms with van der Waals surface area (Å²) < 4.78 is 10.6. The third-order valence-electron chi connectivity index (χ3n) is 4.59. The number of carbonyl (C=O) groups excluding carboxylic acids is 1. The normalized spacial score (nSPS) is 10.6. The number of methoxy groups -OCH3 is 1. The molecule has 4 aromatic rings. The van der Waals surface area contributed by atoms with Crippen LogP contribution in [0.25, 0.3) is 22.8 Å². The van der Waals surface area contributed by atoms with E-state index in [0.717, 1.165) is 11.6 Å². The summed E-state index contributed by atoms with van der Waals surface area (Å²) in [4.78, 5) is 27.5. The van der Waals surface area contributed by atoms with Crippen molar-refractivity contribution >= 4 is 28.9 Å². The van der Waals surface area contributed by atoms with Crippen molar-refractivity contribution in [3.63, 3.8) is 0 Å². The van der Waals surface area contributed by atoms with Crippen molar-refractivity contribution in [1.29, 1.82) is 0 Å². The van der Waals surface area contributed by atoms with Crippen molar-refractivity contribution in [1.82, 2.24) is 10.1 Å². The van der Waals surface area contributed by atoms with Crippen LogP contribution in [0.1, 0.15) is 10.4 Å². The molecule has 1 heterocycles. The van der Waals surface area contributed by atoms with Crippen LogP contribution in [0.2, 0.25) is 5.02 Å². The first-order chi connectivity index (χ1) is 15.5. The molecule has 10 heteroatoms. The summed E-state index contributed by atoms with van der Waals surface area (Å²) in [6, 6.07) is 17.7. The molecular weight excluding hydrogens is 436 g/mol. The summed E-state index contributed by atoms with van der Waals surface area (Å²) >= 11 is 6.07. The number of nitro groups is 1. The number of anilines is 1. The molecule has 0 aliphatic rings. The maximum atomic E-state index is 12.7. The lowest BCUT2D eigenvalue weighted by atomic mass is 10.1. The van der Waals surface area contributed by atoms with Crippen LogP contribution in [-0.2, 0) is 0 Å². The standard InChI is InChI=1S/C22H15ClN4O5/c1-31-15-9-6-13(7-10-15)20-25-22(32-26-20)17-4-2-3-5-19(17)24-21(28)16-11-8-14(27(29)30)12-18(16)23/h2-12H,1H3,(H,24,28). The molecule has 0 saturated heterocycles. The molecule has 9 nitrogen and oxygen atoms in total. The first-order valence-corrected chi connectivity index (χ1v) is 9.67. The largest absolute Gasteiger partial charge is 0.497 e. The minimum Gasteiger partial charge on any atom is -0.497 e. The summed E-state index contributed by atoms with van der Waals surface area (Å²) in [7, 11) is 1.58. The third kappa shape index (κ3) is 4.28. The average molecular weight is 451 g/mol. The van der Waals surface area contributed by atoms with E-state index in [4.69, 9.17) is 20.9 Å². The van der Waals surface area contributed by atoms with Gasteiger partial charge in [0.1, 0.15) is 5.75 Å². The van der Waals surface area contributed by atoms with Crippen LogP contribution in [0.3, 0.4) is 0 Å². The quantitative estimate of drug-likeness (QED) is 0.315. The van der Waals surface area contributed by atoms with Crippen LogP contribution < -0.4 is 10.1 Å². The van der Waals surface area contributed by atoms with Crippen molar-refractivity contribution in [3.05, 3.63) is 87.4 Å². The topological polar surface area (TPSA) is 120 Å². The number of nitrogens with one attached hydrogen (secondary N) is 1. The van der Waals surface area contributed by atoms with E-state index in [1.54, 1.807) is 55.6 Å². The van der Waals surface area contributed by atoms with Gasteiger partial charge in [-0.1, -0.05) is 28.9 Å². The van der Waals surface area contributed by atoms with Crippen LogP contribution in [-0.4, -0.2) is 28.1 Å². The minimum atomic E-state index is -0.584. The zero-order valence-corrected chi connectivity index (χ0v) is 17.4. The highest BCUT2D eigenvalue weighted by molar-refractivity contribution is 6.34. The van der Waals surface area contributed by atoms with Gasteiger partial charge in [-0.2, -0.15) is 4.98 Å². The average Bonchev–Trinajstić information content (AvgIpc) is 3.29. The van der Waals surface area contributed by atoms with E-state index < -0.39 is 10.8 Å². The number of hydrogen-bond acceptors (Lipinski definition) is 7. The molecule has 0 radical (unpaired) electrons. The summed E-state index contributed by atoms with van der Waals surface area (Å²) in [6.45, 7) is 0.